The highest BCUT2D eigenvalue weighted by Crippen LogP contribution is 2.15. The predicted molar refractivity (Wildman–Crippen MR) is 105 cm³/mol. The molecule has 0 aliphatic carbocycles. The lowest BCUT2D eigenvalue weighted by Crippen LogP contribution is -2.42. The third kappa shape index (κ3) is 6.21. The Morgan fingerprint density at radius 3 is 2.40 bits per heavy atom. The molecule has 4 N–H and O–H groups in total. The smallest absolute Gasteiger partial charge is 0.150 e. The predicted octanol–water partition coefficient (Wildman–Crippen LogP) is 2.52. The molecule has 0 bridgehead atoms. The molecule has 2 aromatic carbocycles. The van der Waals surface area contributed by atoms with Crippen molar-refractivity contribution in [2.24, 2.45) is 0 Å². The van der Waals surface area contributed by atoms with Crippen molar-refractivity contribution in [3.05, 3.63) is 59.2 Å². The van der Waals surface area contributed by atoms with Gasteiger partial charge in [-0.3, -0.25) is 9.69 Å². The first-order valence-corrected chi connectivity index (χ1v) is 8.63. The number of nitrogens with one attached hydrogen (secondary N) is 2. The summed E-state index contributed by atoms with van der Waals surface area (Å²) in [7, 11) is 1.88. The molecular formula is C20H28N4O. The molecule has 5 nitrogen and oxygen atoms in total. The van der Waals surface area contributed by atoms with E-state index in [1.54, 1.807) is 0 Å². The third-order valence-corrected chi connectivity index (χ3v) is 4.30. The average molecular weight is 340 g/mol. The summed E-state index contributed by atoms with van der Waals surface area (Å²) in [5.74, 6) is 0. The Labute approximate surface area is 150 Å². The van der Waals surface area contributed by atoms with Crippen molar-refractivity contribution in [1.82, 2.24) is 10.2 Å². The van der Waals surface area contributed by atoms with E-state index in [9.17, 15) is 4.79 Å². The minimum atomic E-state index is 0.749. The Morgan fingerprint density at radius 1 is 1.16 bits per heavy atom. The fraction of sp³-hybridized carbons (Fsp3) is 0.350. The number of aldehydes is 1. The number of carbonyl (C=O) groups is 1. The Morgan fingerprint density at radius 2 is 1.84 bits per heavy atom. The molecule has 0 unspecified atom stereocenters. The van der Waals surface area contributed by atoms with Gasteiger partial charge in [0.15, 0.2) is 0 Å². The number of nitrogen functional groups attached to an aromatic ring is 1. The number of hydrogen-bond acceptors (Lipinski definition) is 5. The molecule has 1 aliphatic rings. The van der Waals surface area contributed by atoms with Crippen LogP contribution in [0.5, 0.6) is 0 Å². The van der Waals surface area contributed by atoms with Crippen molar-refractivity contribution in [2.75, 3.05) is 44.3 Å². The quantitative estimate of drug-likeness (QED) is 0.589. The summed E-state index contributed by atoms with van der Waals surface area (Å²) in [4.78, 5) is 12.9. The first-order chi connectivity index (χ1) is 12.1. The molecule has 1 fully saturated rings. The number of nitrogens with zero attached hydrogens (tertiary/aromatic N) is 1. The Balaban J connectivity index is 0.000000196. The van der Waals surface area contributed by atoms with Crippen LogP contribution in [0, 0.1) is 6.92 Å². The van der Waals surface area contributed by atoms with E-state index in [0.29, 0.717) is 0 Å². The lowest BCUT2D eigenvalue weighted by atomic mass is 10.1. The van der Waals surface area contributed by atoms with Gasteiger partial charge in [0.05, 0.1) is 0 Å². The number of hydrogen-bond donors (Lipinski definition) is 3. The molecule has 0 aromatic heterocycles. The van der Waals surface area contributed by atoms with Crippen LogP contribution in [0.4, 0.5) is 11.4 Å². The maximum Gasteiger partial charge on any atom is 0.150 e. The van der Waals surface area contributed by atoms with E-state index in [1.807, 2.05) is 56.4 Å². The SMILES string of the molecule is CNc1ccc(C)c(N)c1.O=Cc1ccc(CN2CCNCC2)cc1. The molecule has 0 radical (unpaired) electrons. The number of aryl methyl sites for hydroxylation is 1. The zero-order valence-electron chi connectivity index (χ0n) is 15.1. The second-order valence-electron chi connectivity index (χ2n) is 6.21. The molecule has 0 atom stereocenters. The van der Waals surface area contributed by atoms with Crippen LogP contribution in [-0.2, 0) is 6.54 Å². The van der Waals surface area contributed by atoms with Crippen LogP contribution in [-0.4, -0.2) is 44.4 Å². The van der Waals surface area contributed by atoms with Crippen LogP contribution in [0.2, 0.25) is 0 Å². The first-order valence-electron chi connectivity index (χ1n) is 8.63. The zero-order valence-corrected chi connectivity index (χ0v) is 15.1. The highest BCUT2D eigenvalue weighted by Gasteiger charge is 2.09. The fourth-order valence-corrected chi connectivity index (χ4v) is 2.63. The van der Waals surface area contributed by atoms with Crippen molar-refractivity contribution >= 4 is 17.7 Å². The van der Waals surface area contributed by atoms with Crippen molar-refractivity contribution in [3.8, 4) is 0 Å². The zero-order chi connectivity index (χ0) is 18.1. The van der Waals surface area contributed by atoms with Crippen LogP contribution < -0.4 is 16.4 Å². The van der Waals surface area contributed by atoms with Gasteiger partial charge in [-0.2, -0.15) is 0 Å². The van der Waals surface area contributed by atoms with Gasteiger partial charge in [0, 0.05) is 56.7 Å². The molecule has 25 heavy (non-hydrogen) atoms. The maximum absolute atomic E-state index is 10.5. The summed E-state index contributed by atoms with van der Waals surface area (Å²) in [6.45, 7) is 7.35. The summed E-state index contributed by atoms with van der Waals surface area (Å²) < 4.78 is 0. The minimum absolute atomic E-state index is 0.749. The van der Waals surface area contributed by atoms with E-state index < -0.39 is 0 Å². The molecule has 1 heterocycles. The van der Waals surface area contributed by atoms with Crippen LogP contribution in [0.25, 0.3) is 0 Å². The second-order valence-corrected chi connectivity index (χ2v) is 6.21. The second kappa shape index (κ2) is 9.81. The van der Waals surface area contributed by atoms with Crippen molar-refractivity contribution in [2.45, 2.75) is 13.5 Å². The van der Waals surface area contributed by atoms with Gasteiger partial charge in [-0.15, -0.1) is 0 Å². The third-order valence-electron chi connectivity index (χ3n) is 4.30. The average Bonchev–Trinajstić information content (AvgIpc) is 2.66. The van der Waals surface area contributed by atoms with Gasteiger partial charge >= 0.3 is 0 Å². The number of rotatable bonds is 4. The number of nitrogens with two attached hydrogens (primary N) is 1. The van der Waals surface area contributed by atoms with E-state index >= 15 is 0 Å². The lowest BCUT2D eigenvalue weighted by molar-refractivity contribution is 0.112. The summed E-state index contributed by atoms with van der Waals surface area (Å²) in [5, 5.41) is 6.35. The van der Waals surface area contributed by atoms with Crippen molar-refractivity contribution in [3.63, 3.8) is 0 Å². The van der Waals surface area contributed by atoms with E-state index in [4.69, 9.17) is 5.73 Å². The normalized spacial score (nSPS) is 14.3. The largest absolute Gasteiger partial charge is 0.398 e. The Kier molecular flexibility index (Phi) is 7.44. The molecule has 0 spiro atoms. The summed E-state index contributed by atoms with van der Waals surface area (Å²) >= 11 is 0. The summed E-state index contributed by atoms with van der Waals surface area (Å²) in [5.41, 5.74) is 10.7. The van der Waals surface area contributed by atoms with Crippen LogP contribution >= 0.6 is 0 Å². The van der Waals surface area contributed by atoms with Crippen molar-refractivity contribution < 1.29 is 4.79 Å². The molecule has 3 rings (SSSR count). The minimum Gasteiger partial charge on any atom is -0.398 e. The Hall–Kier alpha value is -2.37. The molecule has 134 valence electrons. The van der Waals surface area contributed by atoms with Gasteiger partial charge in [-0.1, -0.05) is 30.3 Å². The standard InChI is InChI=1S/C12H16N2O.C8H12N2/c15-10-12-3-1-11(2-4-12)9-14-7-5-13-6-8-14;1-6-3-4-7(10-2)5-8(6)9/h1-4,10,13H,5-9H2;3-5,10H,9H2,1-2H3. The number of benzene rings is 2. The highest BCUT2D eigenvalue weighted by atomic mass is 16.1. The first kappa shape index (κ1) is 19.0. The van der Waals surface area contributed by atoms with Gasteiger partial charge in [0.25, 0.3) is 0 Å². The van der Waals surface area contributed by atoms with Crippen LogP contribution in [0.1, 0.15) is 21.5 Å². The molecular weight excluding hydrogens is 312 g/mol. The van der Waals surface area contributed by atoms with E-state index in [2.05, 4.69) is 15.5 Å². The van der Waals surface area contributed by atoms with E-state index in [0.717, 1.165) is 61.5 Å². The van der Waals surface area contributed by atoms with Gasteiger partial charge in [0.1, 0.15) is 6.29 Å². The molecule has 2 aromatic rings. The topological polar surface area (TPSA) is 70.4 Å². The monoisotopic (exact) mass is 340 g/mol. The molecule has 1 aliphatic heterocycles. The highest BCUT2D eigenvalue weighted by molar-refractivity contribution is 5.74. The molecule has 5 heteroatoms. The van der Waals surface area contributed by atoms with Crippen molar-refractivity contribution in [1.29, 1.82) is 0 Å². The Bertz CT molecular complexity index is 664. The van der Waals surface area contributed by atoms with Gasteiger partial charge in [-0.05, 0) is 30.2 Å². The fourth-order valence-electron chi connectivity index (χ4n) is 2.63. The molecule has 0 amide bonds. The number of piperazine rings is 1. The maximum atomic E-state index is 10.5. The number of anilines is 2. The lowest BCUT2D eigenvalue weighted by Gasteiger charge is -2.27. The van der Waals surface area contributed by atoms with Gasteiger partial charge in [0.2, 0.25) is 0 Å². The van der Waals surface area contributed by atoms with Gasteiger partial charge in [-0.25, -0.2) is 0 Å². The number of carbonyl (C=O) groups excluding carboxylic acids is 1. The van der Waals surface area contributed by atoms with Gasteiger partial charge < -0.3 is 16.4 Å². The molecule has 0 saturated carbocycles. The van der Waals surface area contributed by atoms with Crippen LogP contribution in [0.15, 0.2) is 42.5 Å². The summed E-state index contributed by atoms with van der Waals surface area (Å²) in [6.07, 6.45) is 0.884. The van der Waals surface area contributed by atoms with E-state index in [1.165, 1.54) is 5.56 Å². The van der Waals surface area contributed by atoms with Crippen LogP contribution in [0.3, 0.4) is 0 Å². The summed E-state index contributed by atoms with van der Waals surface area (Å²) in [6, 6.07) is 13.8. The van der Waals surface area contributed by atoms with E-state index in [-0.39, 0.29) is 0 Å². The molecule has 1 saturated heterocycles.